The molecule has 0 bridgehead atoms. The molecule has 0 fully saturated rings. The lowest BCUT2D eigenvalue weighted by Gasteiger charge is -2.09. The topological polar surface area (TPSA) is 78.4 Å². The van der Waals surface area contributed by atoms with Gasteiger partial charge in [-0.25, -0.2) is 9.59 Å². The summed E-state index contributed by atoms with van der Waals surface area (Å²) >= 11 is 4.52. The molecule has 0 saturated heterocycles. The third kappa shape index (κ3) is 3.37. The largest absolute Gasteiger partial charge is 0.478 e. The number of halogens is 1. The van der Waals surface area contributed by atoms with Crippen LogP contribution in [0.3, 0.4) is 0 Å². The first-order valence-electron chi connectivity index (χ1n) is 5.62. The van der Waals surface area contributed by atoms with Gasteiger partial charge in [-0.3, -0.25) is 5.32 Å². The van der Waals surface area contributed by atoms with E-state index >= 15 is 0 Å². The van der Waals surface area contributed by atoms with Crippen molar-refractivity contribution in [2.75, 3.05) is 10.6 Å². The highest BCUT2D eigenvalue weighted by molar-refractivity contribution is 9.10. The van der Waals surface area contributed by atoms with Gasteiger partial charge in [0.1, 0.15) is 5.00 Å². The first-order valence-corrected chi connectivity index (χ1v) is 7.29. The summed E-state index contributed by atoms with van der Waals surface area (Å²) in [6.07, 6.45) is 0. The Morgan fingerprint density at radius 2 is 2.00 bits per heavy atom. The molecule has 1 heterocycles. The number of rotatable bonds is 3. The fourth-order valence-electron chi connectivity index (χ4n) is 1.55. The van der Waals surface area contributed by atoms with Gasteiger partial charge in [-0.1, -0.05) is 6.07 Å². The van der Waals surface area contributed by atoms with E-state index in [9.17, 15) is 9.59 Å². The zero-order valence-electron chi connectivity index (χ0n) is 10.4. The lowest BCUT2D eigenvalue weighted by atomic mass is 10.2. The molecule has 7 heteroatoms. The molecule has 104 valence electrons. The average molecular weight is 355 g/mol. The van der Waals surface area contributed by atoms with E-state index in [0.29, 0.717) is 10.7 Å². The molecule has 1 aromatic carbocycles. The van der Waals surface area contributed by atoms with Crippen molar-refractivity contribution < 1.29 is 14.7 Å². The Kier molecular flexibility index (Phi) is 4.41. The number of amides is 2. The van der Waals surface area contributed by atoms with Crippen molar-refractivity contribution in [2.24, 2.45) is 0 Å². The number of aryl methyl sites for hydroxylation is 1. The Balaban J connectivity index is 2.09. The molecule has 20 heavy (non-hydrogen) atoms. The summed E-state index contributed by atoms with van der Waals surface area (Å²) < 4.78 is 0.761. The van der Waals surface area contributed by atoms with Crippen molar-refractivity contribution in [2.45, 2.75) is 6.92 Å². The molecule has 0 aliphatic rings. The van der Waals surface area contributed by atoms with Crippen LogP contribution < -0.4 is 10.6 Å². The summed E-state index contributed by atoms with van der Waals surface area (Å²) in [7, 11) is 0. The Morgan fingerprint density at radius 3 is 2.65 bits per heavy atom. The molecule has 2 aromatic rings. The minimum Gasteiger partial charge on any atom is -0.478 e. The number of benzene rings is 1. The van der Waals surface area contributed by atoms with E-state index < -0.39 is 12.0 Å². The second-order valence-electron chi connectivity index (χ2n) is 4.03. The Bertz CT molecular complexity index is 669. The highest BCUT2D eigenvalue weighted by atomic mass is 79.9. The van der Waals surface area contributed by atoms with E-state index in [4.69, 9.17) is 5.11 Å². The predicted octanol–water partition coefficient (Wildman–Crippen LogP) is 4.16. The lowest BCUT2D eigenvalue weighted by Crippen LogP contribution is -2.20. The van der Waals surface area contributed by atoms with Gasteiger partial charge in [-0.15, -0.1) is 11.3 Å². The normalized spacial score (nSPS) is 10.1. The van der Waals surface area contributed by atoms with Gasteiger partial charge in [0.05, 0.1) is 11.3 Å². The van der Waals surface area contributed by atoms with Crippen molar-refractivity contribution in [1.82, 2.24) is 0 Å². The summed E-state index contributed by atoms with van der Waals surface area (Å²) in [5.74, 6) is -1.07. The van der Waals surface area contributed by atoms with Crippen molar-refractivity contribution >= 4 is 50.0 Å². The van der Waals surface area contributed by atoms with Gasteiger partial charge in [0, 0.05) is 4.47 Å². The van der Waals surface area contributed by atoms with Gasteiger partial charge >= 0.3 is 12.0 Å². The number of carbonyl (C=O) groups is 2. The number of aromatic carboxylic acids is 1. The summed E-state index contributed by atoms with van der Waals surface area (Å²) in [4.78, 5) is 22.8. The fraction of sp³-hybridized carbons (Fsp3) is 0.0769. The second kappa shape index (κ2) is 6.06. The van der Waals surface area contributed by atoms with Gasteiger partial charge in [0.2, 0.25) is 0 Å². The van der Waals surface area contributed by atoms with Crippen LogP contribution >= 0.6 is 27.3 Å². The van der Waals surface area contributed by atoms with Crippen LogP contribution in [0.2, 0.25) is 0 Å². The number of carbonyl (C=O) groups excluding carboxylic acids is 1. The zero-order valence-corrected chi connectivity index (χ0v) is 12.8. The van der Waals surface area contributed by atoms with Gasteiger partial charge < -0.3 is 10.4 Å². The van der Waals surface area contributed by atoms with Gasteiger partial charge in [-0.2, -0.15) is 0 Å². The summed E-state index contributed by atoms with van der Waals surface area (Å²) in [5, 5.41) is 16.1. The maximum absolute atomic E-state index is 11.9. The molecule has 0 spiro atoms. The number of carboxylic acid groups (broad SMARTS) is 1. The Hall–Kier alpha value is -1.86. The van der Waals surface area contributed by atoms with Crippen LogP contribution in [-0.2, 0) is 0 Å². The van der Waals surface area contributed by atoms with Crippen molar-refractivity contribution in [1.29, 1.82) is 0 Å². The van der Waals surface area contributed by atoms with Gasteiger partial charge in [-0.05, 0) is 52.0 Å². The number of urea groups is 1. The van der Waals surface area contributed by atoms with E-state index in [1.54, 1.807) is 11.4 Å². The Morgan fingerprint density at radius 1 is 1.25 bits per heavy atom. The molecule has 2 rings (SSSR count). The van der Waals surface area contributed by atoms with Gasteiger partial charge in [0.15, 0.2) is 0 Å². The molecule has 3 N–H and O–H groups in total. The molecule has 2 amide bonds. The summed E-state index contributed by atoms with van der Waals surface area (Å²) in [6, 6.07) is 6.48. The van der Waals surface area contributed by atoms with Crippen LogP contribution in [0.1, 0.15) is 15.9 Å². The third-order valence-electron chi connectivity index (χ3n) is 2.50. The minimum atomic E-state index is -1.07. The molecule has 0 aliphatic heterocycles. The second-order valence-corrected chi connectivity index (χ2v) is 5.80. The molecule has 0 radical (unpaired) electrons. The number of anilines is 2. The smallest absolute Gasteiger partial charge is 0.338 e. The molecule has 5 nitrogen and oxygen atoms in total. The van der Waals surface area contributed by atoms with Crippen molar-refractivity contribution in [3.05, 3.63) is 45.2 Å². The lowest BCUT2D eigenvalue weighted by molar-refractivity contribution is 0.0698. The molecular formula is C13H11BrN2O3S. The molecule has 0 saturated carbocycles. The highest BCUT2D eigenvalue weighted by Crippen LogP contribution is 2.25. The molecular weight excluding hydrogens is 344 g/mol. The van der Waals surface area contributed by atoms with E-state index in [1.165, 1.54) is 6.07 Å². The van der Waals surface area contributed by atoms with E-state index in [1.807, 2.05) is 19.1 Å². The summed E-state index contributed by atoms with van der Waals surface area (Å²) in [6.45, 7) is 1.94. The van der Waals surface area contributed by atoms with Crippen LogP contribution in [0.4, 0.5) is 15.5 Å². The number of thiophene rings is 1. The predicted molar refractivity (Wildman–Crippen MR) is 82.8 cm³/mol. The standard InChI is InChI=1S/C13H11BrN2O3S/c1-7-2-3-10(9(14)6-7)15-13(19)16-11-8(12(17)18)4-5-20-11/h2-6H,1H3,(H,17,18)(H2,15,16,19). The summed E-state index contributed by atoms with van der Waals surface area (Å²) in [5.41, 5.74) is 1.75. The third-order valence-corrected chi connectivity index (χ3v) is 3.98. The van der Waals surface area contributed by atoms with Crippen LogP contribution in [0.25, 0.3) is 0 Å². The van der Waals surface area contributed by atoms with Crippen molar-refractivity contribution in [3.8, 4) is 0 Å². The number of hydrogen-bond acceptors (Lipinski definition) is 3. The number of carboxylic acids is 1. The monoisotopic (exact) mass is 354 g/mol. The van der Waals surface area contributed by atoms with Crippen molar-refractivity contribution in [3.63, 3.8) is 0 Å². The van der Waals surface area contributed by atoms with Crippen LogP contribution in [0, 0.1) is 6.92 Å². The maximum atomic E-state index is 11.9. The van der Waals surface area contributed by atoms with Gasteiger partial charge in [0.25, 0.3) is 0 Å². The zero-order chi connectivity index (χ0) is 14.7. The quantitative estimate of drug-likeness (QED) is 0.774. The average Bonchev–Trinajstić information content (AvgIpc) is 2.81. The number of nitrogens with one attached hydrogen (secondary N) is 2. The minimum absolute atomic E-state index is 0.0770. The van der Waals surface area contributed by atoms with E-state index in [2.05, 4.69) is 26.6 Å². The molecule has 0 unspecified atom stereocenters. The van der Waals surface area contributed by atoms with E-state index in [0.717, 1.165) is 21.4 Å². The molecule has 0 aliphatic carbocycles. The Labute approximate surface area is 127 Å². The maximum Gasteiger partial charge on any atom is 0.338 e. The molecule has 1 aromatic heterocycles. The van der Waals surface area contributed by atoms with Crippen LogP contribution in [-0.4, -0.2) is 17.1 Å². The highest BCUT2D eigenvalue weighted by Gasteiger charge is 2.14. The van der Waals surface area contributed by atoms with E-state index in [-0.39, 0.29) is 5.56 Å². The van der Waals surface area contributed by atoms with Crippen LogP contribution in [0.5, 0.6) is 0 Å². The SMILES string of the molecule is Cc1ccc(NC(=O)Nc2sccc2C(=O)O)c(Br)c1. The van der Waals surface area contributed by atoms with Crippen LogP contribution in [0.15, 0.2) is 34.1 Å². The first-order chi connectivity index (χ1) is 9.47. The molecule has 0 atom stereocenters. The number of hydrogen-bond donors (Lipinski definition) is 3. The fourth-order valence-corrected chi connectivity index (χ4v) is 2.92. The first kappa shape index (κ1) is 14.5.